The monoisotopic (exact) mass is 257 g/mol. The maximum atomic E-state index is 13.9. The lowest BCUT2D eigenvalue weighted by atomic mass is 10.0. The van der Waals surface area contributed by atoms with E-state index < -0.39 is 0 Å². The van der Waals surface area contributed by atoms with Crippen LogP contribution >= 0.6 is 11.6 Å². The molecule has 0 fully saturated rings. The number of amides is 1. The molecular weight excluding hydrogens is 241 g/mol. The first-order valence-electron chi connectivity index (χ1n) is 5.59. The third kappa shape index (κ3) is 3.19. The zero-order valence-corrected chi connectivity index (χ0v) is 11.1. The lowest BCUT2D eigenvalue weighted by molar-refractivity contribution is -0.129. The Kier molecular flexibility index (Phi) is 4.94. The summed E-state index contributed by atoms with van der Waals surface area (Å²) >= 11 is 5.65. The van der Waals surface area contributed by atoms with Gasteiger partial charge in [-0.15, -0.1) is 11.6 Å². The van der Waals surface area contributed by atoms with Crippen LogP contribution in [0.4, 0.5) is 4.39 Å². The number of hydrogen-bond donors (Lipinski definition) is 0. The number of benzene rings is 1. The van der Waals surface area contributed by atoms with Gasteiger partial charge >= 0.3 is 0 Å². The van der Waals surface area contributed by atoms with Crippen molar-refractivity contribution < 1.29 is 9.18 Å². The van der Waals surface area contributed by atoms with Gasteiger partial charge in [0.15, 0.2) is 0 Å². The fraction of sp³-hybridized carbons (Fsp3) is 0.462. The van der Waals surface area contributed by atoms with Crippen molar-refractivity contribution in [3.8, 4) is 0 Å². The topological polar surface area (TPSA) is 20.3 Å². The van der Waals surface area contributed by atoms with E-state index >= 15 is 0 Å². The molecule has 0 aliphatic carbocycles. The van der Waals surface area contributed by atoms with Crippen LogP contribution in [0.25, 0.3) is 0 Å². The molecule has 0 heterocycles. The molecule has 1 aromatic carbocycles. The van der Waals surface area contributed by atoms with Crippen LogP contribution in [0.5, 0.6) is 0 Å². The van der Waals surface area contributed by atoms with Gasteiger partial charge in [-0.1, -0.05) is 19.1 Å². The molecule has 2 nitrogen and oxygen atoms in total. The first kappa shape index (κ1) is 14.0. The summed E-state index contributed by atoms with van der Waals surface area (Å²) in [5.41, 5.74) is 1.28. The summed E-state index contributed by atoms with van der Waals surface area (Å²) in [7, 11) is 1.69. The van der Waals surface area contributed by atoms with E-state index in [2.05, 4.69) is 0 Å². The Morgan fingerprint density at radius 1 is 1.53 bits per heavy atom. The van der Waals surface area contributed by atoms with Gasteiger partial charge in [0.25, 0.3) is 0 Å². The zero-order valence-electron chi connectivity index (χ0n) is 10.3. The highest BCUT2D eigenvalue weighted by molar-refractivity contribution is 6.17. The highest BCUT2D eigenvalue weighted by atomic mass is 35.5. The lowest BCUT2D eigenvalue weighted by Gasteiger charge is -2.27. The van der Waals surface area contributed by atoms with Crippen molar-refractivity contribution in [1.82, 2.24) is 4.90 Å². The summed E-state index contributed by atoms with van der Waals surface area (Å²) in [6, 6.07) is 4.71. The number of nitrogens with zero attached hydrogens (tertiary/aromatic N) is 1. The van der Waals surface area contributed by atoms with Gasteiger partial charge < -0.3 is 4.90 Å². The summed E-state index contributed by atoms with van der Waals surface area (Å²) in [6.07, 6.45) is 0.674. The molecule has 1 rings (SSSR count). The van der Waals surface area contributed by atoms with Gasteiger partial charge in [-0.05, 0) is 18.1 Å². The molecule has 0 spiro atoms. The summed E-state index contributed by atoms with van der Waals surface area (Å²) in [6.45, 7) is 3.41. The Bertz CT molecular complexity index is 408. The van der Waals surface area contributed by atoms with Gasteiger partial charge in [0, 0.05) is 25.4 Å². The van der Waals surface area contributed by atoms with Crippen LogP contribution in [0.15, 0.2) is 18.2 Å². The van der Waals surface area contributed by atoms with Gasteiger partial charge in [0.05, 0.1) is 6.04 Å². The van der Waals surface area contributed by atoms with E-state index in [4.69, 9.17) is 11.6 Å². The van der Waals surface area contributed by atoms with Gasteiger partial charge in [-0.3, -0.25) is 4.79 Å². The van der Waals surface area contributed by atoms with Gasteiger partial charge in [0.1, 0.15) is 5.82 Å². The minimum absolute atomic E-state index is 0.0716. The standard InChI is InChI=1S/C13H17ClFNO/c1-4-13(16(3)9(2)17)11-6-5-10(8-14)7-12(11)15/h5-7,13H,4,8H2,1-3H3. The zero-order chi connectivity index (χ0) is 13.0. The number of alkyl halides is 1. The average Bonchev–Trinajstić information content (AvgIpc) is 2.31. The first-order valence-corrected chi connectivity index (χ1v) is 6.12. The molecule has 1 atom stereocenters. The molecule has 17 heavy (non-hydrogen) atoms. The van der Waals surface area contributed by atoms with Gasteiger partial charge in [-0.25, -0.2) is 4.39 Å². The van der Waals surface area contributed by atoms with Crippen molar-refractivity contribution >= 4 is 17.5 Å². The Morgan fingerprint density at radius 2 is 2.18 bits per heavy atom. The maximum Gasteiger partial charge on any atom is 0.219 e. The van der Waals surface area contributed by atoms with Crippen LogP contribution in [0.3, 0.4) is 0 Å². The van der Waals surface area contributed by atoms with Crippen molar-refractivity contribution in [2.24, 2.45) is 0 Å². The third-order valence-electron chi connectivity index (χ3n) is 2.93. The molecule has 0 saturated heterocycles. The molecule has 0 bridgehead atoms. The molecule has 0 aromatic heterocycles. The Morgan fingerprint density at radius 3 is 2.59 bits per heavy atom. The molecule has 1 aromatic rings. The van der Waals surface area contributed by atoms with Crippen molar-refractivity contribution in [2.75, 3.05) is 7.05 Å². The molecule has 1 unspecified atom stereocenters. The highest BCUT2D eigenvalue weighted by Gasteiger charge is 2.20. The molecule has 0 N–H and O–H groups in total. The van der Waals surface area contributed by atoms with Crippen molar-refractivity contribution in [3.05, 3.63) is 35.1 Å². The van der Waals surface area contributed by atoms with Crippen LogP contribution in [0.1, 0.15) is 37.4 Å². The predicted molar refractivity (Wildman–Crippen MR) is 67.4 cm³/mol. The first-order chi connectivity index (χ1) is 8.01. The van der Waals surface area contributed by atoms with Gasteiger partial charge in [0.2, 0.25) is 5.91 Å². The summed E-state index contributed by atoms with van der Waals surface area (Å²) < 4.78 is 13.9. The van der Waals surface area contributed by atoms with Crippen molar-refractivity contribution in [3.63, 3.8) is 0 Å². The smallest absolute Gasteiger partial charge is 0.219 e. The average molecular weight is 258 g/mol. The Balaban J connectivity index is 3.08. The number of carbonyl (C=O) groups is 1. The summed E-state index contributed by atoms with van der Waals surface area (Å²) in [5, 5.41) is 0. The predicted octanol–water partition coefficient (Wildman–Crippen LogP) is 3.49. The molecule has 94 valence electrons. The van der Waals surface area contributed by atoms with Crippen LogP contribution in [0.2, 0.25) is 0 Å². The SMILES string of the molecule is CCC(c1ccc(CCl)cc1F)N(C)C(C)=O. The lowest BCUT2D eigenvalue weighted by Crippen LogP contribution is -2.29. The summed E-state index contributed by atoms with van der Waals surface area (Å²) in [5.74, 6) is -0.0861. The van der Waals surface area contributed by atoms with E-state index in [0.29, 0.717) is 12.0 Å². The minimum atomic E-state index is -0.303. The van der Waals surface area contributed by atoms with Crippen molar-refractivity contribution in [2.45, 2.75) is 32.2 Å². The van der Waals surface area contributed by atoms with E-state index in [1.807, 2.05) is 6.92 Å². The molecule has 0 aliphatic heterocycles. The van der Waals surface area contributed by atoms with Crippen LogP contribution in [-0.2, 0) is 10.7 Å². The molecule has 0 aliphatic rings. The van der Waals surface area contributed by atoms with Crippen molar-refractivity contribution in [1.29, 1.82) is 0 Å². The van der Waals surface area contributed by atoms with E-state index in [9.17, 15) is 9.18 Å². The fourth-order valence-electron chi connectivity index (χ4n) is 1.85. The largest absolute Gasteiger partial charge is 0.339 e. The Hall–Kier alpha value is -1.09. The van der Waals surface area contributed by atoms with E-state index in [-0.39, 0.29) is 23.6 Å². The van der Waals surface area contributed by atoms with E-state index in [0.717, 1.165) is 5.56 Å². The molecule has 0 radical (unpaired) electrons. The van der Waals surface area contributed by atoms with Crippen LogP contribution < -0.4 is 0 Å². The third-order valence-corrected chi connectivity index (χ3v) is 3.24. The fourth-order valence-corrected chi connectivity index (χ4v) is 2.01. The summed E-state index contributed by atoms with van der Waals surface area (Å²) in [4.78, 5) is 12.9. The van der Waals surface area contributed by atoms with Gasteiger partial charge in [-0.2, -0.15) is 0 Å². The second kappa shape index (κ2) is 6.01. The second-order valence-electron chi connectivity index (χ2n) is 4.04. The van der Waals surface area contributed by atoms with Crippen LogP contribution in [0, 0.1) is 5.82 Å². The number of rotatable bonds is 4. The highest BCUT2D eigenvalue weighted by Crippen LogP contribution is 2.26. The number of carbonyl (C=O) groups excluding carboxylic acids is 1. The quantitative estimate of drug-likeness (QED) is 0.756. The van der Waals surface area contributed by atoms with E-state index in [1.165, 1.54) is 13.0 Å². The maximum absolute atomic E-state index is 13.9. The van der Waals surface area contributed by atoms with Crippen LogP contribution in [-0.4, -0.2) is 17.9 Å². The molecular formula is C13H17ClFNO. The molecule has 4 heteroatoms. The normalized spacial score (nSPS) is 12.3. The van der Waals surface area contributed by atoms with E-state index in [1.54, 1.807) is 24.1 Å². The minimum Gasteiger partial charge on any atom is -0.339 e. The Labute approximate surface area is 106 Å². The second-order valence-corrected chi connectivity index (χ2v) is 4.31. The molecule has 1 amide bonds. The molecule has 0 saturated carbocycles. The number of hydrogen-bond acceptors (Lipinski definition) is 1. The number of halogens is 2.